The van der Waals surface area contributed by atoms with Crippen LogP contribution in [0.5, 0.6) is 11.5 Å². The molecule has 0 aromatic heterocycles. The van der Waals surface area contributed by atoms with E-state index in [0.717, 1.165) is 22.6 Å². The largest absolute Gasteiger partial charge is 0.497 e. The van der Waals surface area contributed by atoms with E-state index in [-0.39, 0.29) is 11.9 Å². The zero-order valence-electron chi connectivity index (χ0n) is 16.0. The van der Waals surface area contributed by atoms with E-state index >= 15 is 0 Å². The molecular weight excluding hydrogens is 328 g/mol. The minimum Gasteiger partial charge on any atom is -0.497 e. The summed E-state index contributed by atoms with van der Waals surface area (Å²) in [5, 5.41) is 3.04. The van der Waals surface area contributed by atoms with Crippen LogP contribution in [-0.4, -0.2) is 45.2 Å². The van der Waals surface area contributed by atoms with Crippen molar-refractivity contribution in [1.82, 2.24) is 10.2 Å². The fraction of sp³-hybridized carbons (Fsp3) is 0.381. The molecular formula is C21H28N2O3. The van der Waals surface area contributed by atoms with Crippen LogP contribution in [0, 0.1) is 0 Å². The highest BCUT2D eigenvalue weighted by atomic mass is 16.5. The number of benzene rings is 2. The predicted octanol–water partition coefficient (Wildman–Crippen LogP) is 3.06. The first-order chi connectivity index (χ1) is 12.5. The van der Waals surface area contributed by atoms with Gasteiger partial charge in [-0.2, -0.15) is 0 Å². The summed E-state index contributed by atoms with van der Waals surface area (Å²) in [6.45, 7) is 3.17. The molecule has 2 aromatic rings. The van der Waals surface area contributed by atoms with Crippen molar-refractivity contribution >= 4 is 5.91 Å². The Bertz CT molecular complexity index is 681. The molecule has 5 nitrogen and oxygen atoms in total. The molecule has 0 radical (unpaired) electrons. The summed E-state index contributed by atoms with van der Waals surface area (Å²) in [6, 6.07) is 15.7. The highest BCUT2D eigenvalue weighted by Gasteiger charge is 2.15. The highest BCUT2D eigenvalue weighted by molar-refractivity contribution is 5.78. The van der Waals surface area contributed by atoms with Gasteiger partial charge in [-0.25, -0.2) is 0 Å². The molecule has 0 aliphatic carbocycles. The summed E-state index contributed by atoms with van der Waals surface area (Å²) < 4.78 is 10.6. The molecule has 0 bridgehead atoms. The van der Waals surface area contributed by atoms with Gasteiger partial charge in [0.1, 0.15) is 11.5 Å². The van der Waals surface area contributed by atoms with Gasteiger partial charge in [-0.3, -0.25) is 4.79 Å². The summed E-state index contributed by atoms with van der Waals surface area (Å²) in [4.78, 5) is 14.4. The fourth-order valence-electron chi connectivity index (χ4n) is 2.75. The molecule has 1 atom stereocenters. The Balaban J connectivity index is 1.93. The number of nitrogens with zero attached hydrogens (tertiary/aromatic N) is 1. The first-order valence-corrected chi connectivity index (χ1v) is 8.82. The van der Waals surface area contributed by atoms with Crippen molar-refractivity contribution in [2.45, 2.75) is 19.4 Å². The Kier molecular flexibility index (Phi) is 7.48. The second kappa shape index (κ2) is 9.82. The maximum absolute atomic E-state index is 12.3. The summed E-state index contributed by atoms with van der Waals surface area (Å²) in [6.07, 6.45) is 0.355. The second-order valence-corrected chi connectivity index (χ2v) is 6.31. The average molecular weight is 356 g/mol. The van der Waals surface area contributed by atoms with Crippen molar-refractivity contribution < 1.29 is 14.3 Å². The van der Waals surface area contributed by atoms with Gasteiger partial charge in [-0.1, -0.05) is 24.3 Å². The van der Waals surface area contributed by atoms with Crippen molar-refractivity contribution in [1.29, 1.82) is 0 Å². The van der Waals surface area contributed by atoms with Gasteiger partial charge in [0.15, 0.2) is 0 Å². The lowest BCUT2D eigenvalue weighted by molar-refractivity contribution is -0.120. The van der Waals surface area contributed by atoms with Crippen molar-refractivity contribution in [3.05, 3.63) is 59.7 Å². The van der Waals surface area contributed by atoms with E-state index in [4.69, 9.17) is 9.47 Å². The highest BCUT2D eigenvalue weighted by Crippen LogP contribution is 2.21. The SMILES string of the molecule is CCOc1ccc(C(CNC(=O)Cc2ccc(OC)cc2)N(C)C)cc1. The molecule has 0 aliphatic rings. The summed E-state index contributed by atoms with van der Waals surface area (Å²) in [5.41, 5.74) is 2.11. The first-order valence-electron chi connectivity index (χ1n) is 8.82. The van der Waals surface area contributed by atoms with Gasteiger partial charge in [0, 0.05) is 6.54 Å². The topological polar surface area (TPSA) is 50.8 Å². The molecule has 0 fully saturated rings. The number of hydrogen-bond acceptors (Lipinski definition) is 4. The fourth-order valence-corrected chi connectivity index (χ4v) is 2.75. The monoisotopic (exact) mass is 356 g/mol. The number of methoxy groups -OCH3 is 1. The Hall–Kier alpha value is -2.53. The summed E-state index contributed by atoms with van der Waals surface area (Å²) in [5.74, 6) is 1.66. The van der Waals surface area contributed by atoms with Crippen molar-refractivity contribution in [3.8, 4) is 11.5 Å². The quantitative estimate of drug-likeness (QED) is 0.750. The van der Waals surface area contributed by atoms with Gasteiger partial charge in [-0.05, 0) is 56.4 Å². The van der Waals surface area contributed by atoms with E-state index in [2.05, 4.69) is 10.2 Å². The lowest BCUT2D eigenvalue weighted by atomic mass is 10.1. The van der Waals surface area contributed by atoms with Crippen LogP contribution in [0.25, 0.3) is 0 Å². The number of carbonyl (C=O) groups is 1. The Morgan fingerprint density at radius 2 is 1.65 bits per heavy atom. The van der Waals surface area contributed by atoms with Crippen LogP contribution in [0.15, 0.2) is 48.5 Å². The van der Waals surface area contributed by atoms with E-state index in [1.54, 1.807) is 7.11 Å². The van der Waals surface area contributed by atoms with Crippen LogP contribution in [0.4, 0.5) is 0 Å². The molecule has 1 N–H and O–H groups in total. The zero-order chi connectivity index (χ0) is 18.9. The van der Waals surface area contributed by atoms with E-state index in [9.17, 15) is 4.79 Å². The first kappa shape index (κ1) is 19.8. The molecule has 0 aliphatic heterocycles. The van der Waals surface area contributed by atoms with Crippen molar-refractivity contribution in [2.75, 3.05) is 34.4 Å². The minimum absolute atomic E-state index is 0.00736. The summed E-state index contributed by atoms with van der Waals surface area (Å²) in [7, 11) is 5.65. The molecule has 2 rings (SSSR count). The lowest BCUT2D eigenvalue weighted by Gasteiger charge is -2.25. The number of hydrogen-bond donors (Lipinski definition) is 1. The third kappa shape index (κ3) is 5.77. The number of amides is 1. The van der Waals surface area contributed by atoms with E-state index in [0.29, 0.717) is 19.6 Å². The third-order valence-electron chi connectivity index (χ3n) is 4.22. The number of ether oxygens (including phenoxy) is 2. The van der Waals surface area contributed by atoms with Crippen LogP contribution >= 0.6 is 0 Å². The number of rotatable bonds is 9. The van der Waals surface area contributed by atoms with E-state index < -0.39 is 0 Å². The molecule has 0 heterocycles. The number of likely N-dealkylation sites (N-methyl/N-ethyl adjacent to an activating group) is 1. The van der Waals surface area contributed by atoms with Crippen molar-refractivity contribution in [2.24, 2.45) is 0 Å². The third-order valence-corrected chi connectivity index (χ3v) is 4.22. The Labute approximate surface area is 155 Å². The van der Waals surface area contributed by atoms with Gasteiger partial charge in [0.05, 0.1) is 26.2 Å². The maximum Gasteiger partial charge on any atom is 0.224 e. The molecule has 5 heteroatoms. The van der Waals surface area contributed by atoms with Gasteiger partial charge in [0.25, 0.3) is 0 Å². The molecule has 140 valence electrons. The molecule has 1 unspecified atom stereocenters. The Morgan fingerprint density at radius 3 is 2.19 bits per heavy atom. The second-order valence-electron chi connectivity index (χ2n) is 6.31. The normalized spacial score (nSPS) is 11.9. The molecule has 1 amide bonds. The molecule has 26 heavy (non-hydrogen) atoms. The van der Waals surface area contributed by atoms with Crippen LogP contribution in [0.1, 0.15) is 24.1 Å². The van der Waals surface area contributed by atoms with Gasteiger partial charge in [-0.15, -0.1) is 0 Å². The van der Waals surface area contributed by atoms with Gasteiger partial charge in [0.2, 0.25) is 5.91 Å². The maximum atomic E-state index is 12.3. The van der Waals surface area contributed by atoms with Crippen LogP contribution in [0.3, 0.4) is 0 Å². The van der Waals surface area contributed by atoms with Crippen LogP contribution in [-0.2, 0) is 11.2 Å². The minimum atomic E-state index is 0.00736. The average Bonchev–Trinajstić information content (AvgIpc) is 2.64. The standard InChI is InChI=1S/C21H28N2O3/c1-5-26-19-12-8-17(9-13-19)20(23(2)3)15-22-21(24)14-16-6-10-18(25-4)11-7-16/h6-13,20H,5,14-15H2,1-4H3,(H,22,24). The molecule has 0 spiro atoms. The van der Waals surface area contributed by atoms with Crippen LogP contribution < -0.4 is 14.8 Å². The van der Waals surface area contributed by atoms with Crippen molar-refractivity contribution in [3.63, 3.8) is 0 Å². The predicted molar refractivity (Wildman–Crippen MR) is 104 cm³/mol. The summed E-state index contributed by atoms with van der Waals surface area (Å²) >= 11 is 0. The molecule has 0 saturated heterocycles. The van der Waals surface area contributed by atoms with Gasteiger partial charge >= 0.3 is 0 Å². The Morgan fingerprint density at radius 1 is 1.04 bits per heavy atom. The van der Waals surface area contributed by atoms with E-state index in [1.165, 1.54) is 0 Å². The number of nitrogens with one attached hydrogen (secondary N) is 1. The van der Waals surface area contributed by atoms with E-state index in [1.807, 2.05) is 69.6 Å². The number of carbonyl (C=O) groups excluding carboxylic acids is 1. The molecule has 2 aromatic carbocycles. The zero-order valence-corrected chi connectivity index (χ0v) is 16.0. The van der Waals surface area contributed by atoms with Gasteiger partial charge < -0.3 is 19.7 Å². The smallest absolute Gasteiger partial charge is 0.224 e. The van der Waals surface area contributed by atoms with Crippen LogP contribution in [0.2, 0.25) is 0 Å². The lowest BCUT2D eigenvalue weighted by Crippen LogP contribution is -2.35. The molecule has 0 saturated carbocycles.